The van der Waals surface area contributed by atoms with Crippen LogP contribution < -0.4 is 11.5 Å². The first-order valence-electron chi connectivity index (χ1n) is 8.29. The van der Waals surface area contributed by atoms with Crippen molar-refractivity contribution in [2.75, 3.05) is 6.54 Å². The average Bonchev–Trinajstić information content (AvgIpc) is 2.48. The lowest BCUT2D eigenvalue weighted by Gasteiger charge is -2.49. The van der Waals surface area contributed by atoms with E-state index in [1.807, 2.05) is 43.9 Å². The summed E-state index contributed by atoms with van der Waals surface area (Å²) < 4.78 is 0. The van der Waals surface area contributed by atoms with Gasteiger partial charge in [0.15, 0.2) is 0 Å². The predicted octanol–water partition coefficient (Wildman–Crippen LogP) is 1.73. The minimum atomic E-state index is -0.955. The number of benzene rings is 1. The summed E-state index contributed by atoms with van der Waals surface area (Å²) in [5, 5.41) is 0. The molecule has 0 spiro atoms. The lowest BCUT2D eigenvalue weighted by Crippen LogP contribution is -2.64. The highest BCUT2D eigenvalue weighted by Gasteiger charge is 2.51. The Morgan fingerprint density at radius 2 is 1.87 bits per heavy atom. The van der Waals surface area contributed by atoms with Gasteiger partial charge in [-0.1, -0.05) is 25.1 Å². The Bertz CT molecular complexity index is 594. The van der Waals surface area contributed by atoms with Crippen molar-refractivity contribution in [2.45, 2.75) is 58.0 Å². The van der Waals surface area contributed by atoms with Crippen LogP contribution in [-0.4, -0.2) is 29.3 Å². The molecule has 2 rings (SSSR count). The van der Waals surface area contributed by atoms with Gasteiger partial charge in [0.2, 0.25) is 11.8 Å². The Morgan fingerprint density at radius 3 is 2.35 bits per heavy atom. The molecular formula is C18H27N3O2. The third kappa shape index (κ3) is 2.85. The maximum Gasteiger partial charge on any atom is 0.242 e. The van der Waals surface area contributed by atoms with Crippen LogP contribution in [0, 0.1) is 13.8 Å². The number of aryl methyl sites for hydroxylation is 2. The lowest BCUT2D eigenvalue weighted by molar-refractivity contribution is -0.142. The molecule has 1 fully saturated rings. The van der Waals surface area contributed by atoms with Crippen LogP contribution in [0.25, 0.3) is 0 Å². The summed E-state index contributed by atoms with van der Waals surface area (Å²) in [7, 11) is 0. The van der Waals surface area contributed by atoms with Gasteiger partial charge in [0.05, 0.1) is 6.04 Å². The molecular weight excluding hydrogens is 290 g/mol. The smallest absolute Gasteiger partial charge is 0.242 e. The molecule has 0 saturated carbocycles. The van der Waals surface area contributed by atoms with E-state index in [9.17, 15) is 9.59 Å². The minimum absolute atomic E-state index is 0.380. The summed E-state index contributed by atoms with van der Waals surface area (Å²) in [5.74, 6) is -0.774. The number of piperidine rings is 1. The molecule has 1 aromatic carbocycles. The molecule has 1 aliphatic rings. The third-order valence-corrected chi connectivity index (χ3v) is 4.98. The van der Waals surface area contributed by atoms with Gasteiger partial charge in [0.1, 0.15) is 5.54 Å². The Labute approximate surface area is 138 Å². The van der Waals surface area contributed by atoms with E-state index in [2.05, 4.69) is 0 Å². The van der Waals surface area contributed by atoms with Gasteiger partial charge >= 0.3 is 0 Å². The molecule has 5 nitrogen and oxygen atoms in total. The molecule has 5 heteroatoms. The molecule has 0 radical (unpaired) electrons. The fourth-order valence-corrected chi connectivity index (χ4v) is 4.12. The van der Waals surface area contributed by atoms with Gasteiger partial charge in [-0.3, -0.25) is 14.5 Å². The Hall–Kier alpha value is -1.88. The van der Waals surface area contributed by atoms with Gasteiger partial charge in [-0.25, -0.2) is 0 Å². The van der Waals surface area contributed by atoms with E-state index in [0.29, 0.717) is 19.4 Å². The Balaban J connectivity index is 2.70. The Kier molecular flexibility index (Phi) is 5.09. The van der Waals surface area contributed by atoms with E-state index in [0.717, 1.165) is 29.5 Å². The van der Waals surface area contributed by atoms with Gasteiger partial charge in [0, 0.05) is 6.54 Å². The van der Waals surface area contributed by atoms with Crippen molar-refractivity contribution >= 4 is 11.8 Å². The Morgan fingerprint density at radius 1 is 1.26 bits per heavy atom. The van der Waals surface area contributed by atoms with E-state index in [1.54, 1.807) is 0 Å². The second-order valence-corrected chi connectivity index (χ2v) is 6.50. The van der Waals surface area contributed by atoms with Crippen LogP contribution in [0.4, 0.5) is 0 Å². The molecule has 1 heterocycles. The predicted molar refractivity (Wildman–Crippen MR) is 90.6 cm³/mol. The van der Waals surface area contributed by atoms with Crippen LogP contribution >= 0.6 is 0 Å². The SMILES string of the molecule is CCCN1C(C(N)=O)CCCC1(C(N)=O)c1c(C)cccc1C. The molecule has 126 valence electrons. The molecule has 0 aromatic heterocycles. The number of amides is 2. The van der Waals surface area contributed by atoms with Crippen molar-refractivity contribution in [3.05, 3.63) is 34.9 Å². The zero-order valence-corrected chi connectivity index (χ0v) is 14.3. The highest BCUT2D eigenvalue weighted by atomic mass is 16.2. The van der Waals surface area contributed by atoms with Crippen LogP contribution in [0.5, 0.6) is 0 Å². The number of hydrogen-bond donors (Lipinski definition) is 2. The molecule has 1 aromatic rings. The van der Waals surface area contributed by atoms with Gasteiger partial charge in [-0.2, -0.15) is 0 Å². The zero-order chi connectivity index (χ0) is 17.2. The normalized spacial score (nSPS) is 25.3. The molecule has 2 unspecified atom stereocenters. The molecule has 4 N–H and O–H groups in total. The number of nitrogens with two attached hydrogens (primary N) is 2. The summed E-state index contributed by atoms with van der Waals surface area (Å²) in [6.07, 6.45) is 2.88. The second-order valence-electron chi connectivity index (χ2n) is 6.50. The summed E-state index contributed by atoms with van der Waals surface area (Å²) in [6.45, 7) is 6.63. The van der Waals surface area contributed by atoms with Crippen LogP contribution in [0.15, 0.2) is 18.2 Å². The first-order valence-corrected chi connectivity index (χ1v) is 8.29. The summed E-state index contributed by atoms with van der Waals surface area (Å²) in [6, 6.07) is 5.51. The van der Waals surface area contributed by atoms with Crippen molar-refractivity contribution in [3.63, 3.8) is 0 Å². The molecule has 2 atom stereocenters. The quantitative estimate of drug-likeness (QED) is 0.866. The molecule has 23 heavy (non-hydrogen) atoms. The van der Waals surface area contributed by atoms with E-state index in [-0.39, 0.29) is 5.91 Å². The van der Waals surface area contributed by atoms with Crippen LogP contribution in [0.3, 0.4) is 0 Å². The standard InChI is InChI=1S/C18H27N3O2/c1-4-11-21-14(16(19)22)9-6-10-18(21,17(20)23)15-12(2)7-5-8-13(15)3/h5,7-8,14H,4,6,9-11H2,1-3H3,(H2,19,22)(H2,20,23). The van der Waals surface area contributed by atoms with E-state index < -0.39 is 17.5 Å². The van der Waals surface area contributed by atoms with Crippen molar-refractivity contribution in [1.29, 1.82) is 0 Å². The fourth-order valence-electron chi connectivity index (χ4n) is 4.12. The number of rotatable bonds is 5. The highest BCUT2D eigenvalue weighted by molar-refractivity contribution is 5.89. The molecule has 0 aliphatic carbocycles. The zero-order valence-electron chi connectivity index (χ0n) is 14.3. The molecule has 1 aliphatic heterocycles. The average molecular weight is 317 g/mol. The lowest BCUT2D eigenvalue weighted by atomic mass is 9.74. The fraction of sp³-hybridized carbons (Fsp3) is 0.556. The van der Waals surface area contributed by atoms with Crippen molar-refractivity contribution in [1.82, 2.24) is 4.90 Å². The number of carbonyl (C=O) groups is 2. The minimum Gasteiger partial charge on any atom is -0.368 e. The first-order chi connectivity index (χ1) is 10.9. The topological polar surface area (TPSA) is 89.4 Å². The molecule has 1 saturated heterocycles. The summed E-state index contributed by atoms with van der Waals surface area (Å²) >= 11 is 0. The number of nitrogens with zero attached hydrogens (tertiary/aromatic N) is 1. The van der Waals surface area contributed by atoms with Gasteiger partial charge in [-0.05, 0) is 56.2 Å². The van der Waals surface area contributed by atoms with Gasteiger partial charge in [-0.15, -0.1) is 0 Å². The second kappa shape index (κ2) is 6.71. The number of hydrogen-bond acceptors (Lipinski definition) is 3. The first kappa shape index (κ1) is 17.5. The maximum atomic E-state index is 12.7. The van der Waals surface area contributed by atoms with E-state index in [4.69, 9.17) is 11.5 Å². The number of primary amides is 2. The van der Waals surface area contributed by atoms with Crippen molar-refractivity contribution in [2.24, 2.45) is 11.5 Å². The van der Waals surface area contributed by atoms with Crippen LogP contribution in [0.1, 0.15) is 49.3 Å². The maximum absolute atomic E-state index is 12.7. The number of carbonyl (C=O) groups excluding carboxylic acids is 2. The third-order valence-electron chi connectivity index (χ3n) is 4.98. The molecule has 2 amide bonds. The van der Waals surface area contributed by atoms with E-state index >= 15 is 0 Å². The summed E-state index contributed by atoms with van der Waals surface area (Å²) in [5.41, 5.74) is 13.6. The van der Waals surface area contributed by atoms with Crippen molar-refractivity contribution < 1.29 is 9.59 Å². The van der Waals surface area contributed by atoms with Gasteiger partial charge < -0.3 is 11.5 Å². The summed E-state index contributed by atoms with van der Waals surface area (Å²) in [4.78, 5) is 26.6. The monoisotopic (exact) mass is 317 g/mol. The highest BCUT2D eigenvalue weighted by Crippen LogP contribution is 2.43. The van der Waals surface area contributed by atoms with Crippen LogP contribution in [-0.2, 0) is 15.1 Å². The van der Waals surface area contributed by atoms with Crippen molar-refractivity contribution in [3.8, 4) is 0 Å². The van der Waals surface area contributed by atoms with E-state index in [1.165, 1.54) is 0 Å². The largest absolute Gasteiger partial charge is 0.368 e. The van der Waals surface area contributed by atoms with Crippen LogP contribution in [0.2, 0.25) is 0 Å². The number of likely N-dealkylation sites (tertiary alicyclic amines) is 1. The molecule has 0 bridgehead atoms. The van der Waals surface area contributed by atoms with Gasteiger partial charge in [0.25, 0.3) is 0 Å².